The SMILES string of the molecule is CNc1cc2c(cn1)c(N1CC3CC(C1)O3)nn2PI. The molecule has 0 amide bonds. The van der Waals surface area contributed by atoms with Gasteiger partial charge in [0, 0.05) is 38.8 Å². The van der Waals surface area contributed by atoms with Gasteiger partial charge in [-0.15, -0.1) is 5.10 Å². The first-order valence-electron chi connectivity index (χ1n) is 6.62. The molecular formula is C12H15IN5OP. The molecule has 8 heteroatoms. The molecule has 0 spiro atoms. The molecule has 0 saturated carbocycles. The molecule has 1 N–H and O–H groups in total. The van der Waals surface area contributed by atoms with Crippen LogP contribution in [-0.2, 0) is 4.74 Å². The zero-order valence-electron chi connectivity index (χ0n) is 11.0. The first kappa shape index (κ1) is 13.0. The maximum atomic E-state index is 5.71. The number of pyridine rings is 1. The van der Waals surface area contributed by atoms with Crippen LogP contribution in [0.2, 0.25) is 0 Å². The second kappa shape index (κ2) is 4.96. The Morgan fingerprint density at radius 2 is 2.20 bits per heavy atom. The van der Waals surface area contributed by atoms with E-state index >= 15 is 0 Å². The molecule has 2 bridgehead atoms. The predicted molar refractivity (Wildman–Crippen MR) is 90.3 cm³/mol. The summed E-state index contributed by atoms with van der Waals surface area (Å²) in [5, 5.41) is 9.01. The van der Waals surface area contributed by atoms with Crippen molar-refractivity contribution in [1.82, 2.24) is 14.5 Å². The molecule has 5 heterocycles. The molecule has 2 aromatic rings. The molecule has 0 aromatic carbocycles. The molecule has 3 aliphatic rings. The van der Waals surface area contributed by atoms with E-state index in [2.05, 4.69) is 47.8 Å². The second-order valence-electron chi connectivity index (χ2n) is 5.18. The van der Waals surface area contributed by atoms with Gasteiger partial charge in [-0.2, -0.15) is 0 Å². The van der Waals surface area contributed by atoms with Crippen molar-refractivity contribution in [2.24, 2.45) is 0 Å². The number of piperidine rings is 1. The molecule has 3 aliphatic heterocycles. The summed E-state index contributed by atoms with van der Waals surface area (Å²) in [5.74, 6) is 1.93. The van der Waals surface area contributed by atoms with E-state index < -0.39 is 0 Å². The summed E-state index contributed by atoms with van der Waals surface area (Å²) < 4.78 is 7.77. The minimum Gasteiger partial charge on any atom is -0.373 e. The summed E-state index contributed by atoms with van der Waals surface area (Å²) in [6.07, 6.45) is 4.49. The summed E-state index contributed by atoms with van der Waals surface area (Å²) >= 11 is 2.37. The van der Waals surface area contributed by atoms with Crippen molar-refractivity contribution in [3.05, 3.63) is 12.3 Å². The Balaban J connectivity index is 1.79. The van der Waals surface area contributed by atoms with Gasteiger partial charge in [-0.05, 0) is 22.0 Å². The van der Waals surface area contributed by atoms with Gasteiger partial charge in [0.15, 0.2) is 5.82 Å². The molecule has 3 atom stereocenters. The van der Waals surface area contributed by atoms with Crippen LogP contribution >= 0.6 is 28.4 Å². The molecule has 3 unspecified atom stereocenters. The Morgan fingerprint density at radius 1 is 1.45 bits per heavy atom. The number of nitrogens with zero attached hydrogens (tertiary/aromatic N) is 4. The third kappa shape index (κ3) is 1.98. The quantitative estimate of drug-likeness (QED) is 0.630. The van der Waals surface area contributed by atoms with E-state index in [1.54, 1.807) is 0 Å². The van der Waals surface area contributed by atoms with Crippen molar-refractivity contribution < 1.29 is 4.74 Å². The summed E-state index contributed by atoms with van der Waals surface area (Å²) in [4.78, 5) is 6.78. The fourth-order valence-electron chi connectivity index (χ4n) is 2.96. The lowest BCUT2D eigenvalue weighted by Gasteiger charge is -2.47. The highest BCUT2D eigenvalue weighted by molar-refractivity contribution is 14.2. The number of nitrogens with one attached hydrogen (secondary N) is 1. The van der Waals surface area contributed by atoms with Gasteiger partial charge in [0.05, 0.1) is 29.5 Å². The normalized spacial score (nSPS) is 25.4. The minimum absolute atomic E-state index is 0.389. The van der Waals surface area contributed by atoms with Crippen LogP contribution in [0.3, 0.4) is 0 Å². The van der Waals surface area contributed by atoms with Crippen LogP contribution in [0.4, 0.5) is 11.6 Å². The van der Waals surface area contributed by atoms with Crippen molar-refractivity contribution in [2.75, 3.05) is 30.4 Å². The second-order valence-corrected chi connectivity index (χ2v) is 7.22. The number of halogens is 1. The number of hydrogen-bond donors (Lipinski definition) is 1. The lowest BCUT2D eigenvalue weighted by Crippen LogP contribution is -2.57. The van der Waals surface area contributed by atoms with E-state index in [-0.39, 0.29) is 0 Å². The first-order chi connectivity index (χ1) is 9.78. The lowest BCUT2D eigenvalue weighted by atomic mass is 9.99. The minimum atomic E-state index is 0.389. The van der Waals surface area contributed by atoms with Gasteiger partial charge in [0.2, 0.25) is 0 Å². The van der Waals surface area contributed by atoms with Gasteiger partial charge in [-0.25, -0.2) is 9.44 Å². The van der Waals surface area contributed by atoms with Crippen molar-refractivity contribution in [3.8, 4) is 0 Å². The van der Waals surface area contributed by atoms with Crippen LogP contribution in [0, 0.1) is 0 Å². The highest BCUT2D eigenvalue weighted by Gasteiger charge is 2.39. The molecule has 0 aliphatic carbocycles. The fraction of sp³-hybridized carbons (Fsp3) is 0.500. The van der Waals surface area contributed by atoms with Crippen molar-refractivity contribution in [3.63, 3.8) is 0 Å². The van der Waals surface area contributed by atoms with Crippen LogP contribution in [0.5, 0.6) is 0 Å². The van der Waals surface area contributed by atoms with Gasteiger partial charge in [0.25, 0.3) is 0 Å². The van der Waals surface area contributed by atoms with E-state index in [9.17, 15) is 0 Å². The fourth-order valence-corrected chi connectivity index (χ4v) is 4.47. The first-order valence-corrected chi connectivity index (χ1v) is 10.7. The van der Waals surface area contributed by atoms with E-state index in [0.29, 0.717) is 18.6 Å². The summed E-state index contributed by atoms with van der Waals surface area (Å²) in [7, 11) is 1.89. The molecule has 2 aromatic heterocycles. The monoisotopic (exact) mass is 403 g/mol. The van der Waals surface area contributed by atoms with Crippen LogP contribution in [-0.4, -0.2) is 46.9 Å². The van der Waals surface area contributed by atoms with Gasteiger partial charge >= 0.3 is 0 Å². The molecule has 3 fully saturated rings. The maximum absolute atomic E-state index is 5.71. The van der Waals surface area contributed by atoms with Crippen LogP contribution in [0.15, 0.2) is 12.3 Å². The zero-order chi connectivity index (χ0) is 13.7. The average Bonchev–Trinajstić information content (AvgIpc) is 2.84. The van der Waals surface area contributed by atoms with Crippen LogP contribution < -0.4 is 10.2 Å². The Labute approximate surface area is 131 Å². The smallest absolute Gasteiger partial charge is 0.160 e. The maximum Gasteiger partial charge on any atom is 0.160 e. The van der Waals surface area contributed by atoms with Gasteiger partial charge in [-0.3, -0.25) is 0 Å². The third-order valence-electron chi connectivity index (χ3n) is 3.94. The third-order valence-corrected chi connectivity index (χ3v) is 5.81. The summed E-state index contributed by atoms with van der Waals surface area (Å²) in [5.41, 5.74) is 1.15. The number of ether oxygens (including phenoxy) is 1. The summed E-state index contributed by atoms with van der Waals surface area (Å²) in [6.45, 7) is 1.89. The van der Waals surface area contributed by atoms with Crippen LogP contribution in [0.25, 0.3) is 10.9 Å². The van der Waals surface area contributed by atoms with E-state index in [1.807, 2.05) is 13.2 Å². The zero-order valence-corrected chi connectivity index (χ0v) is 14.2. The van der Waals surface area contributed by atoms with Crippen molar-refractivity contribution in [1.29, 1.82) is 0 Å². The van der Waals surface area contributed by atoms with E-state index in [1.165, 1.54) is 6.42 Å². The number of aromatic nitrogens is 3. The molecule has 0 radical (unpaired) electrons. The predicted octanol–water partition coefficient (Wildman–Crippen LogP) is 2.24. The standard InChI is InChI=1S/C12H15IN5OP/c1-14-11-3-10-9(4-15-11)12(16-18(10)20-13)17-5-7-2-8(6-17)19-7/h3-4,7-8,20H,2,5-6H2,1H3,(H,14,15). The molecule has 6 nitrogen and oxygen atoms in total. The molecule has 5 rings (SSSR count). The summed E-state index contributed by atoms with van der Waals surface area (Å²) in [6, 6.07) is 2.07. The molecule has 20 heavy (non-hydrogen) atoms. The number of fused-ring (bicyclic) bond motifs is 3. The average molecular weight is 403 g/mol. The van der Waals surface area contributed by atoms with Gasteiger partial charge in [0.1, 0.15) is 5.82 Å². The van der Waals surface area contributed by atoms with Crippen molar-refractivity contribution in [2.45, 2.75) is 18.6 Å². The molecule has 3 saturated heterocycles. The lowest BCUT2D eigenvalue weighted by molar-refractivity contribution is -0.133. The Kier molecular flexibility index (Phi) is 3.23. The van der Waals surface area contributed by atoms with Gasteiger partial charge < -0.3 is 15.0 Å². The highest BCUT2D eigenvalue weighted by atomic mass is 127. The molecular weight excluding hydrogens is 388 g/mol. The van der Waals surface area contributed by atoms with Crippen LogP contribution in [0.1, 0.15) is 6.42 Å². The number of rotatable bonds is 3. The Bertz CT molecular complexity index is 647. The number of anilines is 2. The topological polar surface area (TPSA) is 55.2 Å². The number of hydrogen-bond acceptors (Lipinski definition) is 5. The Morgan fingerprint density at radius 3 is 2.85 bits per heavy atom. The highest BCUT2D eigenvalue weighted by Crippen LogP contribution is 2.37. The number of morpholine rings is 1. The van der Waals surface area contributed by atoms with Crippen molar-refractivity contribution >= 4 is 51.0 Å². The van der Waals surface area contributed by atoms with E-state index in [0.717, 1.165) is 35.6 Å². The Hall–Kier alpha value is -0.660. The van der Waals surface area contributed by atoms with E-state index in [4.69, 9.17) is 9.84 Å². The molecule has 106 valence electrons. The largest absolute Gasteiger partial charge is 0.373 e. The van der Waals surface area contributed by atoms with Gasteiger partial charge in [-0.1, -0.05) is 0 Å².